The van der Waals surface area contributed by atoms with E-state index in [1.807, 2.05) is 4.98 Å². The van der Waals surface area contributed by atoms with Gasteiger partial charge in [0.2, 0.25) is 0 Å². The van der Waals surface area contributed by atoms with E-state index in [4.69, 9.17) is 19.4 Å². The molecule has 0 aliphatic carbocycles. The first kappa shape index (κ1) is 26.6. The Labute approximate surface area is 176 Å². The fourth-order valence-electron chi connectivity index (χ4n) is 2.48. The third-order valence-corrected chi connectivity index (χ3v) is 7.85. The quantitative estimate of drug-likeness (QED) is 0.163. The van der Waals surface area contributed by atoms with Gasteiger partial charge in [-0.15, -0.1) is 0 Å². The summed E-state index contributed by atoms with van der Waals surface area (Å²) in [6.45, 7) is -0.128. The molecular formula is C10H16FN2O14P3S. The van der Waals surface area contributed by atoms with Crippen LogP contribution in [0.1, 0.15) is 13.2 Å². The van der Waals surface area contributed by atoms with E-state index in [0.29, 0.717) is 10.8 Å². The number of hydrogen-bond acceptors (Lipinski definition) is 11. The number of rotatable bonds is 8. The van der Waals surface area contributed by atoms with Crippen molar-refractivity contribution in [1.29, 1.82) is 0 Å². The first-order valence-corrected chi connectivity index (χ1v) is 12.6. The Balaban J connectivity index is 2.17. The number of hydrogen-bond donors (Lipinski definition) is 7. The second kappa shape index (κ2) is 8.93. The van der Waals surface area contributed by atoms with E-state index in [1.165, 1.54) is 0 Å². The van der Waals surface area contributed by atoms with Crippen LogP contribution in [0.4, 0.5) is 4.39 Å². The van der Waals surface area contributed by atoms with Crippen LogP contribution in [0.2, 0.25) is 0 Å². The number of halogens is 1. The Morgan fingerprint density at radius 2 is 1.84 bits per heavy atom. The number of nitrogens with one attached hydrogen (secondary N) is 1. The van der Waals surface area contributed by atoms with Crippen LogP contribution in [0.3, 0.4) is 0 Å². The monoisotopic (exact) mass is 532 g/mol. The molecule has 1 fully saturated rings. The van der Waals surface area contributed by atoms with Crippen molar-refractivity contribution in [2.45, 2.75) is 31.0 Å². The average molecular weight is 532 g/mol. The van der Waals surface area contributed by atoms with E-state index in [9.17, 15) is 38.0 Å². The largest absolute Gasteiger partial charge is 0.490 e. The van der Waals surface area contributed by atoms with Crippen LogP contribution < -0.4 is 5.69 Å². The summed E-state index contributed by atoms with van der Waals surface area (Å²) in [5.41, 5.74) is -3.31. The molecule has 21 heteroatoms. The van der Waals surface area contributed by atoms with Crippen LogP contribution in [-0.4, -0.2) is 63.8 Å². The van der Waals surface area contributed by atoms with Crippen molar-refractivity contribution in [2.24, 2.45) is 0 Å². The Morgan fingerprint density at radius 3 is 2.39 bits per heavy atom. The summed E-state index contributed by atoms with van der Waals surface area (Å²) in [7, 11) is -16.9. The van der Waals surface area contributed by atoms with Gasteiger partial charge in [-0.1, -0.05) is 12.2 Å². The van der Waals surface area contributed by atoms with Crippen molar-refractivity contribution >= 4 is 35.7 Å². The maximum absolute atomic E-state index is 13.7. The number of aliphatic hydroxyl groups excluding tert-OH is 1. The first-order chi connectivity index (χ1) is 13.8. The summed E-state index contributed by atoms with van der Waals surface area (Å²) in [4.78, 5) is 49.4. The molecule has 4 unspecified atom stereocenters. The number of phosphoric acid groups is 3. The van der Waals surface area contributed by atoms with Crippen LogP contribution in [0.25, 0.3) is 0 Å². The van der Waals surface area contributed by atoms with Crippen LogP contribution in [0.5, 0.6) is 0 Å². The minimum Gasteiger partial charge on any atom is -0.387 e. The SMILES string of the molecule is CC1(O)C(O)[C@@H](COP(=O)(O)OP(=O)(O)OP(=O)(O)O)O[C@H]1n1cc(F)c(=S)[nH]c1=O. The molecule has 16 nitrogen and oxygen atoms in total. The zero-order valence-corrected chi connectivity index (χ0v) is 18.5. The highest BCUT2D eigenvalue weighted by molar-refractivity contribution is 7.71. The van der Waals surface area contributed by atoms with Gasteiger partial charge in [0.1, 0.15) is 22.4 Å². The van der Waals surface area contributed by atoms with Gasteiger partial charge in [-0.2, -0.15) is 8.62 Å². The number of nitrogens with zero attached hydrogens (tertiary/aromatic N) is 1. The molecule has 0 spiro atoms. The Morgan fingerprint density at radius 1 is 1.26 bits per heavy atom. The molecule has 1 aromatic rings. The predicted octanol–water partition coefficient (Wildman–Crippen LogP) is -0.602. The van der Waals surface area contributed by atoms with E-state index >= 15 is 0 Å². The summed E-state index contributed by atoms with van der Waals surface area (Å²) in [6, 6.07) is 0. The summed E-state index contributed by atoms with van der Waals surface area (Å²) in [5.74, 6) is -1.07. The molecule has 0 aromatic carbocycles. The Hall–Kier alpha value is -0.680. The topological polar surface area (TPSA) is 247 Å². The van der Waals surface area contributed by atoms with Crippen LogP contribution in [0.15, 0.2) is 11.0 Å². The third kappa shape index (κ3) is 6.66. The summed E-state index contributed by atoms with van der Waals surface area (Å²) >= 11 is 4.55. The van der Waals surface area contributed by atoms with Gasteiger partial charge in [0.25, 0.3) is 0 Å². The van der Waals surface area contributed by atoms with E-state index in [2.05, 4.69) is 25.4 Å². The van der Waals surface area contributed by atoms with Crippen molar-refractivity contribution < 1.29 is 65.8 Å². The fourth-order valence-corrected chi connectivity index (χ4v) is 5.65. The van der Waals surface area contributed by atoms with Crippen molar-refractivity contribution in [2.75, 3.05) is 6.61 Å². The van der Waals surface area contributed by atoms with Gasteiger partial charge in [0, 0.05) is 0 Å². The van der Waals surface area contributed by atoms with Gasteiger partial charge in [-0.3, -0.25) is 14.1 Å². The van der Waals surface area contributed by atoms with Gasteiger partial charge in [-0.05, 0) is 6.92 Å². The molecule has 7 N–H and O–H groups in total. The second-order valence-corrected chi connectivity index (χ2v) is 11.1. The molecule has 2 heterocycles. The highest BCUT2D eigenvalue weighted by Gasteiger charge is 2.54. The molecule has 178 valence electrons. The molecule has 2 rings (SSSR count). The highest BCUT2D eigenvalue weighted by atomic mass is 32.1. The molecule has 6 atom stereocenters. The average Bonchev–Trinajstić information content (AvgIpc) is 2.76. The lowest BCUT2D eigenvalue weighted by Crippen LogP contribution is -2.46. The molecule has 1 aliphatic heterocycles. The minimum absolute atomic E-state index is 0.513. The normalized spacial score (nSPS) is 30.6. The standard InChI is InChI=1S/C10H16FN2O14P3S/c1-10(16)6(14)5(25-8(10)13-2-4(11)7(31)12-9(13)15)3-24-29(20,21)27-30(22,23)26-28(17,18)19/h2,5-6,8,14,16H,3H2,1H3,(H,20,21)(H,22,23)(H,12,15,31)(H2,17,18,19)/t5-,6?,8-,10?/m1/s1. The van der Waals surface area contributed by atoms with Crippen molar-refractivity contribution in [3.63, 3.8) is 0 Å². The van der Waals surface area contributed by atoms with Gasteiger partial charge in [-0.25, -0.2) is 22.9 Å². The van der Waals surface area contributed by atoms with Crippen molar-refractivity contribution in [1.82, 2.24) is 9.55 Å². The number of aliphatic hydroxyl groups is 2. The summed E-state index contributed by atoms with van der Waals surface area (Å²) in [5, 5.41) is 20.7. The molecule has 1 aliphatic rings. The minimum atomic E-state index is -5.77. The lowest BCUT2D eigenvalue weighted by molar-refractivity contribution is -0.0989. The number of aromatic amines is 1. The van der Waals surface area contributed by atoms with E-state index in [1.54, 1.807) is 0 Å². The first-order valence-electron chi connectivity index (χ1n) is 7.70. The van der Waals surface area contributed by atoms with Crippen LogP contribution in [0, 0.1) is 10.5 Å². The van der Waals surface area contributed by atoms with E-state index < -0.39 is 70.3 Å². The van der Waals surface area contributed by atoms with Gasteiger partial charge >= 0.3 is 29.2 Å². The maximum Gasteiger partial charge on any atom is 0.490 e. The maximum atomic E-state index is 13.7. The predicted molar refractivity (Wildman–Crippen MR) is 96.2 cm³/mol. The Bertz CT molecular complexity index is 1100. The van der Waals surface area contributed by atoms with Crippen molar-refractivity contribution in [3.05, 3.63) is 27.1 Å². The summed E-state index contributed by atoms with van der Waals surface area (Å²) in [6.07, 6.45) is -4.76. The van der Waals surface area contributed by atoms with E-state index in [0.717, 1.165) is 6.92 Å². The molecular weight excluding hydrogens is 516 g/mol. The lowest BCUT2D eigenvalue weighted by Gasteiger charge is -2.27. The van der Waals surface area contributed by atoms with Gasteiger partial charge in [0.15, 0.2) is 12.0 Å². The molecule has 0 radical (unpaired) electrons. The fraction of sp³-hybridized carbons (Fsp3) is 0.600. The lowest BCUT2D eigenvalue weighted by atomic mass is 9.96. The number of phosphoric ester groups is 1. The molecule has 0 bridgehead atoms. The zero-order valence-electron chi connectivity index (χ0n) is 15.0. The van der Waals surface area contributed by atoms with Crippen molar-refractivity contribution in [3.8, 4) is 0 Å². The Kier molecular flexibility index (Phi) is 7.65. The van der Waals surface area contributed by atoms with E-state index in [-0.39, 0.29) is 0 Å². The number of aromatic nitrogens is 2. The van der Waals surface area contributed by atoms with Gasteiger partial charge in [0.05, 0.1) is 12.8 Å². The van der Waals surface area contributed by atoms with Crippen LogP contribution in [-0.2, 0) is 31.6 Å². The molecule has 0 saturated carbocycles. The molecule has 0 amide bonds. The smallest absolute Gasteiger partial charge is 0.387 e. The number of H-pyrrole nitrogens is 1. The van der Waals surface area contributed by atoms with Crippen LogP contribution >= 0.6 is 35.7 Å². The second-order valence-electron chi connectivity index (χ2n) is 6.23. The van der Waals surface area contributed by atoms with Gasteiger partial charge < -0.3 is 34.5 Å². The summed E-state index contributed by atoms with van der Waals surface area (Å²) < 4.78 is 63.9. The third-order valence-electron chi connectivity index (χ3n) is 3.75. The molecule has 31 heavy (non-hydrogen) atoms. The molecule has 1 saturated heterocycles. The number of ether oxygens (including phenoxy) is 1. The highest BCUT2D eigenvalue weighted by Crippen LogP contribution is 2.66. The zero-order chi connectivity index (χ0) is 24.0. The molecule has 1 aromatic heterocycles.